The zero-order chi connectivity index (χ0) is 15.5. The first kappa shape index (κ1) is 15.7. The maximum Gasteiger partial charge on any atom is 0.319 e. The Morgan fingerprint density at radius 2 is 2.19 bits per heavy atom. The van der Waals surface area contributed by atoms with Gasteiger partial charge in [-0.15, -0.1) is 0 Å². The molecule has 21 heavy (non-hydrogen) atoms. The van der Waals surface area contributed by atoms with Crippen LogP contribution < -0.4 is 10.6 Å². The first-order valence-electron chi connectivity index (χ1n) is 7.09. The van der Waals surface area contributed by atoms with Crippen molar-refractivity contribution in [3.63, 3.8) is 0 Å². The highest BCUT2D eigenvalue weighted by Gasteiger charge is 2.35. The molecule has 6 heteroatoms. The highest BCUT2D eigenvalue weighted by molar-refractivity contribution is 5.89. The van der Waals surface area contributed by atoms with Crippen LogP contribution in [0, 0.1) is 17.0 Å². The van der Waals surface area contributed by atoms with Crippen LogP contribution in [0.25, 0.3) is 0 Å². The van der Waals surface area contributed by atoms with Crippen molar-refractivity contribution in [1.82, 2.24) is 5.32 Å². The number of rotatable bonds is 3. The van der Waals surface area contributed by atoms with E-state index in [4.69, 9.17) is 0 Å². The number of carbonyl (C=O) groups is 1. The summed E-state index contributed by atoms with van der Waals surface area (Å²) in [5.74, 6) is -2.10. The fraction of sp³-hybridized carbons (Fsp3) is 0.533. The Balaban J connectivity index is 1.91. The van der Waals surface area contributed by atoms with Gasteiger partial charge in [-0.3, -0.25) is 0 Å². The molecule has 0 saturated heterocycles. The summed E-state index contributed by atoms with van der Waals surface area (Å²) in [4.78, 5) is 11.8. The number of nitrogens with one attached hydrogen (secondary N) is 2. The minimum Gasteiger partial charge on any atom is -0.392 e. The molecule has 4 nitrogen and oxygen atoms in total. The average Bonchev–Trinajstić information content (AvgIpc) is 2.45. The number of urea groups is 1. The first-order valence-corrected chi connectivity index (χ1v) is 7.09. The molecule has 1 aromatic carbocycles. The van der Waals surface area contributed by atoms with Crippen LogP contribution in [-0.2, 0) is 0 Å². The molecule has 0 radical (unpaired) electrons. The summed E-state index contributed by atoms with van der Waals surface area (Å²) in [6.07, 6.45) is 3.07. The summed E-state index contributed by atoms with van der Waals surface area (Å²) in [6, 6.07) is 2.98. The number of hydrogen-bond acceptors (Lipinski definition) is 2. The van der Waals surface area contributed by atoms with Crippen molar-refractivity contribution in [2.24, 2.45) is 5.41 Å². The largest absolute Gasteiger partial charge is 0.392 e. The van der Waals surface area contributed by atoms with Gasteiger partial charge in [0.25, 0.3) is 0 Å². The molecular formula is C15H20F2N2O2. The maximum atomic E-state index is 13.4. The topological polar surface area (TPSA) is 61.4 Å². The van der Waals surface area contributed by atoms with E-state index in [1.165, 1.54) is 12.1 Å². The van der Waals surface area contributed by atoms with E-state index >= 15 is 0 Å². The van der Waals surface area contributed by atoms with Gasteiger partial charge < -0.3 is 15.7 Å². The van der Waals surface area contributed by atoms with Gasteiger partial charge in [0.2, 0.25) is 0 Å². The molecular weight excluding hydrogens is 278 g/mol. The van der Waals surface area contributed by atoms with Crippen molar-refractivity contribution < 1.29 is 18.7 Å². The summed E-state index contributed by atoms with van der Waals surface area (Å²) in [6.45, 7) is 2.21. The average molecular weight is 298 g/mol. The highest BCUT2D eigenvalue weighted by atomic mass is 19.2. The Hall–Kier alpha value is -1.69. The van der Waals surface area contributed by atoms with E-state index in [-0.39, 0.29) is 17.6 Å². The monoisotopic (exact) mass is 298 g/mol. The standard InChI is InChI=1S/C15H20F2N2O2/c1-15(8-3-2-7-12(15)20)9-18-14(21)19-11-6-4-5-10(16)13(11)17/h4-6,12,20H,2-3,7-9H2,1H3,(H2,18,19,21). The van der Waals surface area contributed by atoms with E-state index in [9.17, 15) is 18.7 Å². The molecule has 1 aliphatic carbocycles. The highest BCUT2D eigenvalue weighted by Crippen LogP contribution is 2.35. The van der Waals surface area contributed by atoms with E-state index < -0.39 is 23.8 Å². The van der Waals surface area contributed by atoms with E-state index in [2.05, 4.69) is 10.6 Å². The summed E-state index contributed by atoms with van der Waals surface area (Å²) < 4.78 is 26.5. The molecule has 1 fully saturated rings. The van der Waals surface area contributed by atoms with Gasteiger partial charge in [0, 0.05) is 12.0 Å². The van der Waals surface area contributed by atoms with Crippen molar-refractivity contribution in [3.8, 4) is 0 Å². The number of carbonyl (C=O) groups excluding carboxylic acids is 1. The van der Waals surface area contributed by atoms with E-state index in [0.29, 0.717) is 0 Å². The van der Waals surface area contributed by atoms with Gasteiger partial charge in [-0.25, -0.2) is 13.6 Å². The van der Waals surface area contributed by atoms with Gasteiger partial charge in [-0.1, -0.05) is 25.8 Å². The predicted octanol–water partition coefficient (Wildman–Crippen LogP) is 3.03. The number of halogens is 2. The SMILES string of the molecule is CC1(CNC(=O)Nc2cccc(F)c2F)CCCCC1O. The molecule has 0 aliphatic heterocycles. The van der Waals surface area contributed by atoms with Crippen molar-refractivity contribution in [1.29, 1.82) is 0 Å². The van der Waals surface area contributed by atoms with Crippen molar-refractivity contribution in [2.75, 3.05) is 11.9 Å². The van der Waals surface area contributed by atoms with Crippen molar-refractivity contribution >= 4 is 11.7 Å². The fourth-order valence-corrected chi connectivity index (χ4v) is 2.64. The third-order valence-electron chi connectivity index (χ3n) is 4.13. The minimum absolute atomic E-state index is 0.207. The lowest BCUT2D eigenvalue weighted by Gasteiger charge is -2.38. The molecule has 0 bridgehead atoms. The fourth-order valence-electron chi connectivity index (χ4n) is 2.64. The van der Waals surface area contributed by atoms with Crippen molar-refractivity contribution in [2.45, 2.75) is 38.7 Å². The van der Waals surface area contributed by atoms with E-state index in [1.807, 2.05) is 6.92 Å². The predicted molar refractivity (Wildman–Crippen MR) is 76.0 cm³/mol. The van der Waals surface area contributed by atoms with Crippen molar-refractivity contribution in [3.05, 3.63) is 29.8 Å². The number of aliphatic hydroxyl groups is 1. The molecule has 2 rings (SSSR count). The lowest BCUT2D eigenvalue weighted by atomic mass is 9.73. The number of hydrogen-bond donors (Lipinski definition) is 3. The van der Waals surface area contributed by atoms with Gasteiger partial charge in [-0.05, 0) is 25.0 Å². The van der Waals surface area contributed by atoms with Crippen LogP contribution in [0.2, 0.25) is 0 Å². The zero-order valence-corrected chi connectivity index (χ0v) is 12.0. The van der Waals surface area contributed by atoms with Gasteiger partial charge in [-0.2, -0.15) is 0 Å². The van der Waals surface area contributed by atoms with Crippen LogP contribution in [0.5, 0.6) is 0 Å². The number of amides is 2. The molecule has 2 unspecified atom stereocenters. The summed E-state index contributed by atoms with van der Waals surface area (Å²) in [5, 5.41) is 14.9. The number of aliphatic hydroxyl groups excluding tert-OH is 1. The third-order valence-corrected chi connectivity index (χ3v) is 4.13. The van der Waals surface area contributed by atoms with Crippen LogP contribution >= 0.6 is 0 Å². The van der Waals surface area contributed by atoms with Gasteiger partial charge in [0.1, 0.15) is 0 Å². The molecule has 1 aliphatic rings. The van der Waals surface area contributed by atoms with Gasteiger partial charge in [0.15, 0.2) is 11.6 Å². The van der Waals surface area contributed by atoms with Crippen LogP contribution in [0.3, 0.4) is 0 Å². The molecule has 0 aromatic heterocycles. The molecule has 2 atom stereocenters. The molecule has 2 amide bonds. The molecule has 1 aromatic rings. The maximum absolute atomic E-state index is 13.4. The second-order valence-corrected chi connectivity index (χ2v) is 5.82. The second kappa shape index (κ2) is 6.39. The number of benzene rings is 1. The van der Waals surface area contributed by atoms with E-state index in [1.54, 1.807) is 0 Å². The molecule has 0 spiro atoms. The lowest BCUT2D eigenvalue weighted by Crippen LogP contribution is -2.46. The zero-order valence-electron chi connectivity index (χ0n) is 12.0. The Morgan fingerprint density at radius 3 is 2.90 bits per heavy atom. The Labute approximate surface area is 122 Å². The van der Waals surface area contributed by atoms with Gasteiger partial charge in [0.05, 0.1) is 11.8 Å². The number of anilines is 1. The summed E-state index contributed by atoms with van der Waals surface area (Å²) >= 11 is 0. The molecule has 3 N–H and O–H groups in total. The van der Waals surface area contributed by atoms with Gasteiger partial charge >= 0.3 is 6.03 Å². The minimum atomic E-state index is -1.09. The Bertz CT molecular complexity index is 524. The summed E-state index contributed by atoms with van der Waals surface area (Å²) in [5.41, 5.74) is -0.586. The Morgan fingerprint density at radius 1 is 1.43 bits per heavy atom. The Kier molecular flexibility index (Phi) is 4.77. The molecule has 0 heterocycles. The molecule has 116 valence electrons. The lowest BCUT2D eigenvalue weighted by molar-refractivity contribution is 0.00333. The first-order chi connectivity index (χ1) is 9.92. The van der Waals surface area contributed by atoms with Crippen LogP contribution in [-0.4, -0.2) is 23.8 Å². The molecule has 1 saturated carbocycles. The smallest absolute Gasteiger partial charge is 0.319 e. The quantitative estimate of drug-likeness (QED) is 0.803. The van der Waals surface area contributed by atoms with Crippen LogP contribution in [0.15, 0.2) is 18.2 Å². The van der Waals surface area contributed by atoms with Crippen LogP contribution in [0.4, 0.5) is 19.3 Å². The normalized spacial score (nSPS) is 25.4. The van der Waals surface area contributed by atoms with Crippen LogP contribution in [0.1, 0.15) is 32.6 Å². The second-order valence-electron chi connectivity index (χ2n) is 5.82. The third kappa shape index (κ3) is 3.69. The summed E-state index contributed by atoms with van der Waals surface area (Å²) in [7, 11) is 0. The van der Waals surface area contributed by atoms with E-state index in [0.717, 1.165) is 31.7 Å².